The Balaban J connectivity index is 1.11. The number of carbonyl (C=O) groups is 3. The number of fused-ring (bicyclic) bond motifs is 2. The average molecular weight is 858 g/mol. The number of anilines is 1. The summed E-state index contributed by atoms with van der Waals surface area (Å²) >= 11 is 0. The summed E-state index contributed by atoms with van der Waals surface area (Å²) < 4.78 is 14.3. The second-order valence-corrected chi connectivity index (χ2v) is 17.7. The first-order valence-corrected chi connectivity index (χ1v) is 23.3. The average Bonchev–Trinajstić information content (AvgIpc) is 3.34. The van der Waals surface area contributed by atoms with Gasteiger partial charge in [0.05, 0.1) is 18.7 Å². The third kappa shape index (κ3) is 8.63. The molecule has 1 aliphatic carbocycles. The fourth-order valence-corrected chi connectivity index (χ4v) is 11.3. The van der Waals surface area contributed by atoms with Gasteiger partial charge in [0.1, 0.15) is 24.4 Å². The molecule has 63 heavy (non-hydrogen) atoms. The molecule has 5 aromatic rings. The van der Waals surface area contributed by atoms with Crippen molar-refractivity contribution in [2.24, 2.45) is 0 Å². The van der Waals surface area contributed by atoms with Crippen LogP contribution in [0.2, 0.25) is 0 Å². The molecule has 0 N–H and O–H groups in total. The van der Waals surface area contributed by atoms with Crippen molar-refractivity contribution in [2.75, 3.05) is 64.4 Å². The monoisotopic (exact) mass is 857 g/mol. The number of amides is 2. The standard InChI is InChI=1S/C53H54N4O5P/c1-6-54(7-2)38-25-28-44-47(35-38)62-48-36-39(55(8-3)9-4)26-29-45(48)50(44)42-22-16-17-23-43(42)52(59)57-32-30-56(31-33-57)51(58)37-24-27-46(53(60)61-5)49(34-37)63(40-18-12-10-13-19-40)41-20-14-11-15-21-41/h10-29,34-36H,6-9,30-33H2,1-5H3/q+1. The van der Waals surface area contributed by atoms with E-state index < -0.39 is 13.9 Å². The first-order chi connectivity index (χ1) is 30.8. The van der Waals surface area contributed by atoms with Crippen LogP contribution in [-0.2, 0) is 4.74 Å². The van der Waals surface area contributed by atoms with Crippen LogP contribution in [0.4, 0.5) is 5.69 Å². The highest BCUT2D eigenvalue weighted by Crippen LogP contribution is 2.42. The van der Waals surface area contributed by atoms with Crippen molar-refractivity contribution in [3.63, 3.8) is 0 Å². The fraction of sp³-hybridized carbons (Fsp3) is 0.245. The Morgan fingerprint density at radius 1 is 0.651 bits per heavy atom. The molecule has 320 valence electrons. The summed E-state index contributed by atoms with van der Waals surface area (Å²) in [6, 6.07) is 46.1. The summed E-state index contributed by atoms with van der Waals surface area (Å²) in [6.07, 6.45) is 0. The van der Waals surface area contributed by atoms with Crippen LogP contribution < -0.4 is 30.7 Å². The molecule has 5 aromatic carbocycles. The number of hydrogen-bond donors (Lipinski definition) is 0. The molecule has 1 fully saturated rings. The Bertz CT molecular complexity index is 2770. The molecule has 2 heterocycles. The number of methoxy groups -OCH3 is 1. The molecule has 8 rings (SSSR count). The summed E-state index contributed by atoms with van der Waals surface area (Å²) in [5.74, 6) is 0.0852. The lowest BCUT2D eigenvalue weighted by molar-refractivity contribution is 0.0536. The van der Waals surface area contributed by atoms with E-state index in [1.807, 2.05) is 71.6 Å². The van der Waals surface area contributed by atoms with Gasteiger partial charge in [-0.25, -0.2) is 9.37 Å². The van der Waals surface area contributed by atoms with Gasteiger partial charge in [-0.15, -0.1) is 0 Å². The Kier molecular flexibility index (Phi) is 13.1. The van der Waals surface area contributed by atoms with Crippen LogP contribution in [0.1, 0.15) is 58.8 Å². The third-order valence-corrected chi connectivity index (χ3v) is 14.6. The lowest BCUT2D eigenvalue weighted by Crippen LogP contribution is -2.50. The molecule has 0 unspecified atom stereocenters. The Morgan fingerprint density at radius 3 is 1.89 bits per heavy atom. The highest BCUT2D eigenvalue weighted by Gasteiger charge is 2.31. The molecule has 9 nitrogen and oxygen atoms in total. The summed E-state index contributed by atoms with van der Waals surface area (Å²) in [5, 5.41) is 4.89. The minimum Gasteiger partial charge on any atom is -0.465 e. The maximum absolute atomic E-state index is 14.7. The number of ether oxygens (including phenoxy) is 1. The highest BCUT2D eigenvalue weighted by molar-refractivity contribution is 7.80. The first-order valence-electron chi connectivity index (χ1n) is 21.9. The van der Waals surface area contributed by atoms with Crippen molar-refractivity contribution < 1.29 is 23.5 Å². The number of benzene rings is 6. The molecule has 0 bridgehead atoms. The first kappa shape index (κ1) is 43.1. The van der Waals surface area contributed by atoms with Crippen molar-refractivity contribution in [1.29, 1.82) is 0 Å². The zero-order valence-corrected chi connectivity index (χ0v) is 37.6. The quantitative estimate of drug-likeness (QED) is 0.0536. The molecule has 0 spiro atoms. The van der Waals surface area contributed by atoms with Crippen LogP contribution in [0.3, 0.4) is 0 Å². The van der Waals surface area contributed by atoms with Crippen molar-refractivity contribution in [3.05, 3.63) is 162 Å². The summed E-state index contributed by atoms with van der Waals surface area (Å²) in [4.78, 5) is 48.2. The number of hydrogen-bond acceptors (Lipinski definition) is 6. The van der Waals surface area contributed by atoms with Crippen molar-refractivity contribution >= 4 is 58.3 Å². The molecule has 0 aromatic heterocycles. The van der Waals surface area contributed by atoms with E-state index in [-0.39, 0.29) is 11.8 Å². The maximum atomic E-state index is 14.7. The summed E-state index contributed by atoms with van der Waals surface area (Å²) in [7, 11) is 0.181. The maximum Gasteiger partial charge on any atom is 0.338 e. The molecule has 2 amide bonds. The normalized spacial score (nSPS) is 12.8. The number of esters is 1. The minimum absolute atomic E-state index is 0.0830. The zero-order chi connectivity index (χ0) is 44.0. The Labute approximate surface area is 370 Å². The lowest BCUT2D eigenvalue weighted by Gasteiger charge is -2.35. The molecular formula is C53H54N4O5P+. The SMILES string of the molecule is CCN(CC)c1ccc2c(-c3ccccc3C(=O)N3CCN(C(=O)c4ccc(C(=O)OC)c(P(c5ccccc5)c5ccccc5)c4)CC3)c3ccc(=[N+](CC)CC)cc-3oc2c1. The number of nitrogens with zero attached hydrogens (tertiary/aromatic N) is 4. The number of piperazine rings is 1. The fourth-order valence-electron chi connectivity index (χ4n) is 8.80. The molecular weight excluding hydrogens is 804 g/mol. The van der Waals surface area contributed by atoms with Crippen LogP contribution >= 0.6 is 7.92 Å². The summed E-state index contributed by atoms with van der Waals surface area (Å²) in [6.45, 7) is 13.6. The topological polar surface area (TPSA) is 86.3 Å². The number of rotatable bonds is 12. The van der Waals surface area contributed by atoms with Gasteiger partial charge in [-0.3, -0.25) is 9.59 Å². The van der Waals surface area contributed by atoms with Gasteiger partial charge in [-0.1, -0.05) is 78.9 Å². The summed E-state index contributed by atoms with van der Waals surface area (Å²) in [5.41, 5.74) is 6.10. The van der Waals surface area contributed by atoms with Gasteiger partial charge in [-0.2, -0.15) is 0 Å². The van der Waals surface area contributed by atoms with Crippen LogP contribution in [0, 0.1) is 0 Å². The number of carbonyl (C=O) groups excluding carboxylic acids is 3. The van der Waals surface area contributed by atoms with E-state index in [4.69, 9.17) is 9.15 Å². The predicted octanol–water partition coefficient (Wildman–Crippen LogP) is 8.01. The second kappa shape index (κ2) is 19.2. The van der Waals surface area contributed by atoms with Gasteiger partial charge in [0, 0.05) is 90.0 Å². The molecule has 2 aliphatic heterocycles. The highest BCUT2D eigenvalue weighted by atomic mass is 31.1. The molecule has 10 heteroatoms. The van der Waals surface area contributed by atoms with Crippen LogP contribution in [0.5, 0.6) is 0 Å². The van der Waals surface area contributed by atoms with Gasteiger partial charge in [0.25, 0.3) is 11.8 Å². The van der Waals surface area contributed by atoms with Crippen molar-refractivity contribution in [2.45, 2.75) is 27.7 Å². The van der Waals surface area contributed by atoms with E-state index in [2.05, 4.69) is 97.8 Å². The molecule has 3 aliphatic rings. The van der Waals surface area contributed by atoms with Gasteiger partial charge >= 0.3 is 5.97 Å². The molecule has 0 atom stereocenters. The van der Waals surface area contributed by atoms with Crippen LogP contribution in [0.15, 0.2) is 144 Å². The lowest BCUT2D eigenvalue weighted by atomic mass is 9.90. The van der Waals surface area contributed by atoms with Gasteiger partial charge in [0.2, 0.25) is 5.36 Å². The van der Waals surface area contributed by atoms with E-state index in [1.165, 1.54) is 7.11 Å². The van der Waals surface area contributed by atoms with E-state index in [0.717, 1.165) is 86.6 Å². The van der Waals surface area contributed by atoms with E-state index in [1.54, 1.807) is 17.0 Å². The molecule has 1 saturated heterocycles. The van der Waals surface area contributed by atoms with E-state index >= 15 is 0 Å². The smallest absolute Gasteiger partial charge is 0.338 e. The molecule has 0 radical (unpaired) electrons. The van der Waals surface area contributed by atoms with Crippen molar-refractivity contribution in [3.8, 4) is 22.5 Å². The Hall–Kier alpha value is -6.57. The minimum atomic E-state index is -1.20. The zero-order valence-electron chi connectivity index (χ0n) is 36.7. The predicted molar refractivity (Wildman–Crippen MR) is 256 cm³/mol. The second-order valence-electron chi connectivity index (χ2n) is 15.5. The van der Waals surface area contributed by atoms with Gasteiger partial charge in [0.15, 0.2) is 0 Å². The van der Waals surface area contributed by atoms with E-state index in [9.17, 15) is 14.4 Å². The van der Waals surface area contributed by atoms with Crippen molar-refractivity contribution in [1.82, 2.24) is 14.4 Å². The van der Waals surface area contributed by atoms with Crippen LogP contribution in [0.25, 0.3) is 33.4 Å². The third-order valence-electron chi connectivity index (χ3n) is 12.1. The van der Waals surface area contributed by atoms with E-state index in [0.29, 0.717) is 42.9 Å². The van der Waals surface area contributed by atoms with Gasteiger partial charge < -0.3 is 23.9 Å². The molecule has 0 saturated carbocycles. The van der Waals surface area contributed by atoms with Crippen LogP contribution in [-0.4, -0.2) is 87.1 Å². The largest absolute Gasteiger partial charge is 0.465 e. The Morgan fingerprint density at radius 2 is 1.27 bits per heavy atom. The van der Waals surface area contributed by atoms with Gasteiger partial charge in [-0.05, 0) is 94.3 Å².